The zero-order chi connectivity index (χ0) is 26.4. The highest BCUT2D eigenvalue weighted by Crippen LogP contribution is 2.47. The maximum atomic E-state index is 14.0. The van der Waals surface area contributed by atoms with Gasteiger partial charge in [0.25, 0.3) is 5.91 Å². The average Bonchev–Trinajstić information content (AvgIpc) is 3.40. The Kier molecular flexibility index (Phi) is 6.56. The molecule has 10 heteroatoms. The van der Waals surface area contributed by atoms with Crippen LogP contribution in [0.1, 0.15) is 54.0 Å². The second kappa shape index (κ2) is 9.68. The predicted octanol–water partition coefficient (Wildman–Crippen LogP) is 5.72. The molecule has 190 valence electrons. The molecule has 37 heavy (non-hydrogen) atoms. The zero-order valence-electron chi connectivity index (χ0n) is 20.7. The molecule has 0 bridgehead atoms. The lowest BCUT2D eigenvalue weighted by Crippen LogP contribution is -2.33. The number of ketones is 1. The van der Waals surface area contributed by atoms with Crippen LogP contribution < -0.4 is 9.47 Å². The van der Waals surface area contributed by atoms with E-state index in [1.165, 1.54) is 19.1 Å². The number of rotatable bonds is 6. The van der Waals surface area contributed by atoms with Gasteiger partial charge in [0.15, 0.2) is 5.78 Å². The fraction of sp³-hybridized carbons (Fsp3) is 0.259. The van der Waals surface area contributed by atoms with Gasteiger partial charge in [-0.15, -0.1) is 0 Å². The van der Waals surface area contributed by atoms with E-state index in [-0.39, 0.29) is 35.9 Å². The van der Waals surface area contributed by atoms with Gasteiger partial charge in [0.2, 0.25) is 5.88 Å². The summed E-state index contributed by atoms with van der Waals surface area (Å²) in [5.41, 5.74) is 3.61. The molecule has 1 aliphatic carbocycles. The van der Waals surface area contributed by atoms with E-state index in [2.05, 4.69) is 14.5 Å². The van der Waals surface area contributed by atoms with Gasteiger partial charge in [0.1, 0.15) is 6.04 Å². The highest BCUT2D eigenvalue weighted by molar-refractivity contribution is 6.32. The quantitative estimate of drug-likeness (QED) is 0.398. The topological polar surface area (TPSA) is 86.6 Å². The SMILES string of the molecule is COc1ncc(-c2cc3c(n2C(C)C)C(c2ccc(Cl)cc2)N(C2=CC(Cl)=CCC2=O)C3=O)c(OC)n1. The van der Waals surface area contributed by atoms with E-state index in [9.17, 15) is 9.59 Å². The smallest absolute Gasteiger partial charge is 0.319 e. The van der Waals surface area contributed by atoms with E-state index in [4.69, 9.17) is 32.7 Å². The van der Waals surface area contributed by atoms with E-state index >= 15 is 0 Å². The summed E-state index contributed by atoms with van der Waals surface area (Å²) in [4.78, 5) is 37.1. The van der Waals surface area contributed by atoms with Gasteiger partial charge in [-0.05, 0) is 43.7 Å². The van der Waals surface area contributed by atoms with E-state index in [0.717, 1.165) is 11.3 Å². The van der Waals surface area contributed by atoms with E-state index < -0.39 is 6.04 Å². The molecule has 1 amide bonds. The van der Waals surface area contributed by atoms with Crippen LogP contribution in [0.2, 0.25) is 5.02 Å². The summed E-state index contributed by atoms with van der Waals surface area (Å²) in [5.74, 6) is -0.155. The number of fused-ring (bicyclic) bond motifs is 1. The molecule has 1 aromatic carbocycles. The Balaban J connectivity index is 1.77. The van der Waals surface area contributed by atoms with Gasteiger partial charge in [-0.25, -0.2) is 4.98 Å². The lowest BCUT2D eigenvalue weighted by Gasteiger charge is -2.31. The molecule has 1 atom stereocenters. The predicted molar refractivity (Wildman–Crippen MR) is 140 cm³/mol. The molecule has 1 aliphatic heterocycles. The average molecular weight is 539 g/mol. The number of halogens is 2. The molecular formula is C27H24Cl2N4O4. The molecule has 5 rings (SSSR count). The van der Waals surface area contributed by atoms with Crippen LogP contribution in [0, 0.1) is 0 Å². The molecule has 0 saturated carbocycles. The van der Waals surface area contributed by atoms with Crippen LogP contribution in [0.4, 0.5) is 0 Å². The number of hydrogen-bond acceptors (Lipinski definition) is 6. The van der Waals surface area contributed by atoms with Crippen LogP contribution in [0.15, 0.2) is 59.4 Å². The number of nitrogens with zero attached hydrogens (tertiary/aromatic N) is 4. The highest BCUT2D eigenvalue weighted by atomic mass is 35.5. The first-order valence-electron chi connectivity index (χ1n) is 11.6. The Bertz CT molecular complexity index is 1470. The Morgan fingerprint density at radius 2 is 1.78 bits per heavy atom. The molecule has 2 aliphatic rings. The van der Waals surface area contributed by atoms with Gasteiger partial charge >= 0.3 is 6.01 Å². The molecule has 0 saturated heterocycles. The number of Topliss-reactive ketones (excluding diaryl/α,β-unsaturated/α-hetero) is 1. The molecule has 8 nitrogen and oxygen atoms in total. The Labute approximate surface area is 224 Å². The maximum Gasteiger partial charge on any atom is 0.319 e. The molecule has 1 unspecified atom stereocenters. The van der Waals surface area contributed by atoms with Crippen LogP contribution in [0.5, 0.6) is 11.9 Å². The number of ether oxygens (including phenoxy) is 2. The maximum absolute atomic E-state index is 14.0. The van der Waals surface area contributed by atoms with Crippen LogP contribution >= 0.6 is 23.2 Å². The Hall–Kier alpha value is -3.62. The summed E-state index contributed by atoms with van der Waals surface area (Å²) in [6, 6.07) is 8.59. The van der Waals surface area contributed by atoms with Gasteiger partial charge < -0.3 is 14.0 Å². The lowest BCUT2D eigenvalue weighted by atomic mass is 10.0. The summed E-state index contributed by atoms with van der Waals surface area (Å²) in [7, 11) is 3.00. The standard InChI is InChI=1S/C27H24Cl2N4O4/c1-14(2)32-20(19-13-30-27(37-4)31-25(19)36-3)12-18-24(32)23(15-5-7-16(28)8-6-15)33(26(18)35)21-11-17(29)9-10-22(21)34/h5-9,11-14,23H,10H2,1-4H3. The van der Waals surface area contributed by atoms with Gasteiger partial charge in [0, 0.05) is 28.7 Å². The van der Waals surface area contributed by atoms with Gasteiger partial charge in [-0.1, -0.05) is 41.4 Å². The zero-order valence-corrected chi connectivity index (χ0v) is 22.2. The van der Waals surface area contributed by atoms with E-state index in [1.54, 1.807) is 36.5 Å². The second-order valence-electron chi connectivity index (χ2n) is 8.95. The van der Waals surface area contributed by atoms with Gasteiger partial charge in [-0.3, -0.25) is 14.5 Å². The molecule has 0 N–H and O–H groups in total. The van der Waals surface area contributed by atoms with Crippen LogP contribution in [-0.4, -0.2) is 45.3 Å². The van der Waals surface area contributed by atoms with Gasteiger partial charge in [-0.2, -0.15) is 4.98 Å². The number of hydrogen-bond donors (Lipinski definition) is 0. The van der Waals surface area contributed by atoms with Crippen molar-refractivity contribution in [1.82, 2.24) is 19.4 Å². The summed E-state index contributed by atoms with van der Waals surface area (Å²) >= 11 is 12.5. The van der Waals surface area contributed by atoms with Crippen molar-refractivity contribution in [2.24, 2.45) is 0 Å². The summed E-state index contributed by atoms with van der Waals surface area (Å²) in [5, 5.41) is 0.986. The third kappa shape index (κ3) is 4.20. The minimum absolute atomic E-state index is 0.0624. The van der Waals surface area contributed by atoms with E-state index in [1.807, 2.05) is 26.0 Å². The van der Waals surface area contributed by atoms with Crippen LogP contribution in [0.25, 0.3) is 11.3 Å². The van der Waals surface area contributed by atoms with Crippen LogP contribution in [-0.2, 0) is 4.79 Å². The number of aromatic nitrogens is 3. The summed E-state index contributed by atoms with van der Waals surface area (Å²) < 4.78 is 12.8. The number of benzene rings is 1. The fourth-order valence-corrected chi connectivity index (χ4v) is 5.18. The van der Waals surface area contributed by atoms with Crippen molar-refractivity contribution in [3.8, 4) is 23.1 Å². The normalized spacial score (nSPS) is 17.2. The Morgan fingerprint density at radius 3 is 2.43 bits per heavy atom. The number of carbonyl (C=O) groups excluding carboxylic acids is 2. The third-order valence-electron chi connectivity index (χ3n) is 6.43. The van der Waals surface area contributed by atoms with Crippen molar-refractivity contribution >= 4 is 34.9 Å². The summed E-state index contributed by atoms with van der Waals surface area (Å²) in [6.07, 6.45) is 4.94. The highest BCUT2D eigenvalue weighted by Gasteiger charge is 2.45. The van der Waals surface area contributed by atoms with Crippen molar-refractivity contribution < 1.29 is 19.1 Å². The van der Waals surface area contributed by atoms with Crippen molar-refractivity contribution in [1.29, 1.82) is 0 Å². The molecule has 0 spiro atoms. The lowest BCUT2D eigenvalue weighted by molar-refractivity contribution is -0.116. The Morgan fingerprint density at radius 1 is 1.05 bits per heavy atom. The third-order valence-corrected chi connectivity index (χ3v) is 6.95. The van der Waals surface area contributed by atoms with Crippen LogP contribution in [0.3, 0.4) is 0 Å². The fourth-order valence-electron chi connectivity index (χ4n) is 4.87. The first-order valence-corrected chi connectivity index (χ1v) is 12.4. The number of methoxy groups -OCH3 is 2. The van der Waals surface area contributed by atoms with Crippen molar-refractivity contribution in [3.63, 3.8) is 0 Å². The molecular weight excluding hydrogens is 515 g/mol. The molecule has 2 aromatic heterocycles. The van der Waals surface area contributed by atoms with Crippen molar-refractivity contribution in [3.05, 3.63) is 81.3 Å². The molecule has 3 heterocycles. The largest absolute Gasteiger partial charge is 0.480 e. The monoisotopic (exact) mass is 538 g/mol. The number of carbonyl (C=O) groups is 2. The van der Waals surface area contributed by atoms with Gasteiger partial charge in [0.05, 0.1) is 42.4 Å². The summed E-state index contributed by atoms with van der Waals surface area (Å²) in [6.45, 7) is 4.05. The first kappa shape index (κ1) is 25.0. The number of amides is 1. The molecule has 3 aromatic rings. The first-order chi connectivity index (χ1) is 17.7. The van der Waals surface area contributed by atoms with E-state index in [0.29, 0.717) is 32.8 Å². The minimum atomic E-state index is -0.584. The second-order valence-corrected chi connectivity index (χ2v) is 9.82. The molecule has 0 radical (unpaired) electrons. The minimum Gasteiger partial charge on any atom is -0.480 e. The molecule has 0 fully saturated rings. The van der Waals surface area contributed by atoms with Crippen molar-refractivity contribution in [2.75, 3.05) is 14.2 Å². The number of allylic oxidation sites excluding steroid dienone is 4. The van der Waals surface area contributed by atoms with Crippen molar-refractivity contribution in [2.45, 2.75) is 32.4 Å².